The van der Waals surface area contributed by atoms with E-state index in [1.54, 1.807) is 42.5 Å². The van der Waals surface area contributed by atoms with Gasteiger partial charge in [0.2, 0.25) is 15.9 Å². The number of carbonyl (C=O) groups excluding carboxylic acids is 2. The molecule has 0 heterocycles. The van der Waals surface area contributed by atoms with Crippen molar-refractivity contribution < 1.29 is 18.0 Å². The van der Waals surface area contributed by atoms with E-state index in [9.17, 15) is 18.0 Å². The summed E-state index contributed by atoms with van der Waals surface area (Å²) in [6.45, 7) is 1.05. The van der Waals surface area contributed by atoms with Crippen LogP contribution in [0.5, 0.6) is 0 Å². The molecule has 0 fully saturated rings. The number of ketones is 1. The first-order chi connectivity index (χ1) is 11.7. The van der Waals surface area contributed by atoms with Crippen molar-refractivity contribution in [2.45, 2.75) is 6.92 Å². The number of rotatable bonds is 6. The van der Waals surface area contributed by atoms with Gasteiger partial charge in [-0.3, -0.25) is 13.9 Å². The van der Waals surface area contributed by atoms with Gasteiger partial charge in [-0.15, -0.1) is 0 Å². The third-order valence-electron chi connectivity index (χ3n) is 3.36. The summed E-state index contributed by atoms with van der Waals surface area (Å²) in [5.74, 6) is -0.594. The topological polar surface area (TPSA) is 83.6 Å². The average molecular weight is 381 g/mol. The predicted octanol–water partition coefficient (Wildman–Crippen LogP) is 2.95. The Labute approximate surface area is 151 Å². The molecule has 25 heavy (non-hydrogen) atoms. The smallest absolute Gasteiger partial charge is 0.245 e. The Morgan fingerprint density at radius 2 is 1.76 bits per heavy atom. The van der Waals surface area contributed by atoms with Crippen molar-refractivity contribution in [3.8, 4) is 0 Å². The zero-order valence-electron chi connectivity index (χ0n) is 13.7. The molecule has 6 nitrogen and oxygen atoms in total. The van der Waals surface area contributed by atoms with Crippen LogP contribution in [0, 0.1) is 0 Å². The van der Waals surface area contributed by atoms with Gasteiger partial charge in [0.25, 0.3) is 0 Å². The molecule has 0 atom stereocenters. The monoisotopic (exact) mass is 380 g/mol. The number of carbonyl (C=O) groups is 2. The molecule has 0 radical (unpaired) electrons. The van der Waals surface area contributed by atoms with Crippen molar-refractivity contribution >= 4 is 44.7 Å². The highest BCUT2D eigenvalue weighted by Gasteiger charge is 2.21. The lowest BCUT2D eigenvalue weighted by Crippen LogP contribution is -2.37. The third-order valence-corrected chi connectivity index (χ3v) is 4.73. The molecular formula is C17H17ClN2O4S. The number of sulfonamides is 1. The highest BCUT2D eigenvalue weighted by Crippen LogP contribution is 2.21. The van der Waals surface area contributed by atoms with Gasteiger partial charge in [-0.05, 0) is 49.4 Å². The van der Waals surface area contributed by atoms with Crippen LogP contribution in [0.1, 0.15) is 17.3 Å². The van der Waals surface area contributed by atoms with Crippen LogP contribution in [0.2, 0.25) is 5.02 Å². The van der Waals surface area contributed by atoms with Crippen LogP contribution in [0.3, 0.4) is 0 Å². The Morgan fingerprint density at radius 3 is 2.28 bits per heavy atom. The molecule has 0 aliphatic rings. The minimum atomic E-state index is -3.67. The normalized spacial score (nSPS) is 11.0. The van der Waals surface area contributed by atoms with Crippen LogP contribution in [0.25, 0.3) is 0 Å². The summed E-state index contributed by atoms with van der Waals surface area (Å²) in [6, 6.07) is 12.6. The fourth-order valence-corrected chi connectivity index (χ4v) is 3.18. The fourth-order valence-electron chi connectivity index (χ4n) is 2.15. The summed E-state index contributed by atoms with van der Waals surface area (Å²) < 4.78 is 25.0. The number of hydrogen-bond donors (Lipinski definition) is 1. The zero-order chi connectivity index (χ0) is 18.6. The summed E-state index contributed by atoms with van der Waals surface area (Å²) in [5, 5.41) is 2.97. The molecule has 2 rings (SSSR count). The first kappa shape index (κ1) is 19.0. The lowest BCUT2D eigenvalue weighted by Gasteiger charge is -2.22. The van der Waals surface area contributed by atoms with Crippen molar-refractivity contribution in [3.05, 3.63) is 59.1 Å². The zero-order valence-corrected chi connectivity index (χ0v) is 15.3. The number of hydrogen-bond acceptors (Lipinski definition) is 4. The van der Waals surface area contributed by atoms with Crippen LogP contribution in [0.15, 0.2) is 48.5 Å². The van der Waals surface area contributed by atoms with Gasteiger partial charge in [0.15, 0.2) is 5.78 Å². The van der Waals surface area contributed by atoms with Crippen molar-refractivity contribution in [1.82, 2.24) is 0 Å². The van der Waals surface area contributed by atoms with Crippen LogP contribution >= 0.6 is 11.6 Å². The number of nitrogens with one attached hydrogen (secondary N) is 1. The standard InChI is InChI=1S/C17H17ClN2O4S/c1-12(21)13-6-8-15(9-7-13)19-17(22)11-20(25(2,23)24)16-5-3-4-14(18)10-16/h3-10H,11H2,1-2H3,(H,19,22). The first-order valence-corrected chi connectivity index (χ1v) is 9.53. The number of nitrogens with zero attached hydrogens (tertiary/aromatic N) is 1. The molecule has 1 N–H and O–H groups in total. The molecule has 0 aromatic heterocycles. The molecule has 0 bridgehead atoms. The highest BCUT2D eigenvalue weighted by atomic mass is 35.5. The van der Waals surface area contributed by atoms with E-state index in [2.05, 4.69) is 5.32 Å². The lowest BCUT2D eigenvalue weighted by molar-refractivity contribution is -0.114. The van der Waals surface area contributed by atoms with Crippen molar-refractivity contribution in [2.24, 2.45) is 0 Å². The largest absolute Gasteiger partial charge is 0.325 e. The Balaban J connectivity index is 2.16. The second-order valence-corrected chi connectivity index (χ2v) is 7.77. The maximum Gasteiger partial charge on any atom is 0.245 e. The van der Waals surface area contributed by atoms with E-state index in [0.29, 0.717) is 22.0 Å². The van der Waals surface area contributed by atoms with E-state index in [4.69, 9.17) is 11.6 Å². The van der Waals surface area contributed by atoms with Gasteiger partial charge in [-0.1, -0.05) is 17.7 Å². The minimum absolute atomic E-state index is 0.0814. The van der Waals surface area contributed by atoms with E-state index in [1.807, 2.05) is 0 Å². The van der Waals surface area contributed by atoms with E-state index >= 15 is 0 Å². The average Bonchev–Trinajstić information content (AvgIpc) is 2.52. The number of halogens is 1. The maximum absolute atomic E-state index is 12.2. The molecule has 0 saturated heterocycles. The van der Waals surface area contributed by atoms with E-state index < -0.39 is 22.5 Å². The molecule has 0 spiro atoms. The van der Waals surface area contributed by atoms with Gasteiger partial charge >= 0.3 is 0 Å². The van der Waals surface area contributed by atoms with Gasteiger partial charge in [0.05, 0.1) is 11.9 Å². The molecule has 0 aliphatic carbocycles. The molecular weight excluding hydrogens is 364 g/mol. The summed E-state index contributed by atoms with van der Waals surface area (Å²) in [5.41, 5.74) is 1.29. The Hall–Kier alpha value is -2.38. The van der Waals surface area contributed by atoms with E-state index in [1.165, 1.54) is 13.0 Å². The predicted molar refractivity (Wildman–Crippen MR) is 98.7 cm³/mol. The van der Waals surface area contributed by atoms with Crippen molar-refractivity contribution in [3.63, 3.8) is 0 Å². The minimum Gasteiger partial charge on any atom is -0.325 e. The molecule has 2 aromatic rings. The number of amides is 1. The molecule has 8 heteroatoms. The third kappa shape index (κ3) is 5.30. The Morgan fingerprint density at radius 1 is 1.12 bits per heavy atom. The maximum atomic E-state index is 12.2. The second-order valence-electron chi connectivity index (χ2n) is 5.43. The van der Waals surface area contributed by atoms with Crippen LogP contribution in [-0.2, 0) is 14.8 Å². The molecule has 0 saturated carbocycles. The van der Waals surface area contributed by atoms with Gasteiger partial charge in [-0.2, -0.15) is 0 Å². The summed E-state index contributed by atoms with van der Waals surface area (Å²) in [4.78, 5) is 23.5. The van der Waals surface area contributed by atoms with Crippen LogP contribution in [-0.4, -0.2) is 32.9 Å². The summed E-state index contributed by atoms with van der Waals surface area (Å²) >= 11 is 5.90. The Bertz CT molecular complexity index is 895. The van der Waals surface area contributed by atoms with Gasteiger partial charge < -0.3 is 5.32 Å². The van der Waals surface area contributed by atoms with Crippen molar-refractivity contribution in [2.75, 3.05) is 22.4 Å². The fraction of sp³-hybridized carbons (Fsp3) is 0.176. The van der Waals surface area contributed by atoms with Crippen LogP contribution in [0.4, 0.5) is 11.4 Å². The highest BCUT2D eigenvalue weighted by molar-refractivity contribution is 7.92. The SMILES string of the molecule is CC(=O)c1ccc(NC(=O)CN(c2cccc(Cl)c2)S(C)(=O)=O)cc1. The molecule has 0 unspecified atom stereocenters. The summed E-state index contributed by atoms with van der Waals surface area (Å²) in [7, 11) is -3.67. The molecule has 0 aliphatic heterocycles. The molecule has 1 amide bonds. The Kier molecular flexibility index (Phi) is 5.81. The van der Waals surface area contributed by atoms with Crippen LogP contribution < -0.4 is 9.62 Å². The number of benzene rings is 2. The summed E-state index contributed by atoms with van der Waals surface area (Å²) in [6.07, 6.45) is 1.02. The number of anilines is 2. The molecule has 2 aromatic carbocycles. The number of Topliss-reactive ketones (excluding diaryl/α,β-unsaturated/α-hetero) is 1. The first-order valence-electron chi connectivity index (χ1n) is 7.31. The van der Waals surface area contributed by atoms with Crippen molar-refractivity contribution in [1.29, 1.82) is 0 Å². The van der Waals surface area contributed by atoms with E-state index in [0.717, 1.165) is 10.6 Å². The van der Waals surface area contributed by atoms with Gasteiger partial charge in [-0.25, -0.2) is 8.42 Å². The second kappa shape index (κ2) is 7.67. The van der Waals surface area contributed by atoms with Gasteiger partial charge in [0.1, 0.15) is 6.54 Å². The van der Waals surface area contributed by atoms with E-state index in [-0.39, 0.29) is 5.78 Å². The lowest BCUT2D eigenvalue weighted by atomic mass is 10.1. The molecule has 132 valence electrons. The van der Waals surface area contributed by atoms with Gasteiger partial charge in [0, 0.05) is 16.3 Å². The quantitative estimate of drug-likeness (QED) is 0.781.